The fraction of sp³-hybridized carbons (Fsp3) is 0. The third kappa shape index (κ3) is 3.56. The molecule has 0 radical (unpaired) electrons. The summed E-state index contributed by atoms with van der Waals surface area (Å²) in [5.41, 5.74) is 9.70. The van der Waals surface area contributed by atoms with Gasteiger partial charge in [-0.05, 0) is 77.9 Å². The molecule has 0 unspecified atom stereocenters. The Morgan fingerprint density at radius 2 is 0.978 bits per heavy atom. The summed E-state index contributed by atoms with van der Waals surface area (Å²) in [5, 5.41) is 7.80. The van der Waals surface area contributed by atoms with Crippen LogP contribution in [-0.4, -0.2) is 9.13 Å². The van der Waals surface area contributed by atoms with Gasteiger partial charge in [-0.15, -0.1) is 11.3 Å². The first-order valence-electron chi connectivity index (χ1n) is 15.4. The molecule has 0 aliphatic heterocycles. The van der Waals surface area contributed by atoms with E-state index in [0.717, 1.165) is 0 Å². The molecule has 10 rings (SSSR count). The summed E-state index contributed by atoms with van der Waals surface area (Å²) in [6, 6.07) is 57.6. The molecule has 10 aromatic rings. The van der Waals surface area contributed by atoms with Crippen molar-refractivity contribution in [3.8, 4) is 22.5 Å². The molecule has 45 heavy (non-hydrogen) atoms. The summed E-state index contributed by atoms with van der Waals surface area (Å²) >= 11 is 1.88. The fourth-order valence-electron chi connectivity index (χ4n) is 7.37. The van der Waals surface area contributed by atoms with Gasteiger partial charge in [-0.2, -0.15) is 0 Å². The highest BCUT2D eigenvalue weighted by atomic mass is 32.1. The fourth-order valence-corrected chi connectivity index (χ4v) is 8.48. The lowest BCUT2D eigenvalue weighted by Gasteiger charge is -2.10. The summed E-state index contributed by atoms with van der Waals surface area (Å²) in [5.74, 6) is 0. The first-order valence-corrected chi connectivity index (χ1v) is 16.2. The van der Waals surface area contributed by atoms with Crippen LogP contribution in [-0.2, 0) is 0 Å². The summed E-state index contributed by atoms with van der Waals surface area (Å²) in [6.45, 7) is 0. The Morgan fingerprint density at radius 3 is 1.84 bits per heavy atom. The number of thiophene rings is 1. The predicted octanol–water partition coefficient (Wildman–Crippen LogP) is 11.9. The normalized spacial score (nSPS) is 12.0. The van der Waals surface area contributed by atoms with Crippen LogP contribution >= 0.6 is 11.3 Å². The zero-order chi connectivity index (χ0) is 29.5. The predicted molar refractivity (Wildman–Crippen MR) is 193 cm³/mol. The number of rotatable bonds is 3. The van der Waals surface area contributed by atoms with Gasteiger partial charge in [-0.25, -0.2) is 0 Å². The molecular weight excluding hydrogens is 565 g/mol. The number of aromatic nitrogens is 2. The van der Waals surface area contributed by atoms with E-state index in [0.29, 0.717) is 0 Å². The second-order valence-electron chi connectivity index (χ2n) is 11.8. The topological polar surface area (TPSA) is 9.86 Å². The first-order chi connectivity index (χ1) is 22.3. The van der Waals surface area contributed by atoms with Crippen molar-refractivity contribution in [1.82, 2.24) is 9.13 Å². The molecule has 210 valence electrons. The van der Waals surface area contributed by atoms with Crippen LogP contribution in [0, 0.1) is 0 Å². The molecule has 0 atom stereocenters. The van der Waals surface area contributed by atoms with Crippen LogP contribution < -0.4 is 0 Å². The van der Waals surface area contributed by atoms with E-state index in [9.17, 15) is 0 Å². The van der Waals surface area contributed by atoms with E-state index >= 15 is 0 Å². The lowest BCUT2D eigenvalue weighted by atomic mass is 10.0. The van der Waals surface area contributed by atoms with Crippen LogP contribution in [0.5, 0.6) is 0 Å². The first kappa shape index (κ1) is 24.8. The molecular formula is C42H26N2S. The number of benzene rings is 7. The highest BCUT2D eigenvalue weighted by molar-refractivity contribution is 7.26. The van der Waals surface area contributed by atoms with Crippen LogP contribution in [0.25, 0.3) is 86.3 Å². The Morgan fingerprint density at radius 1 is 0.333 bits per heavy atom. The highest BCUT2D eigenvalue weighted by Gasteiger charge is 2.20. The molecule has 0 saturated heterocycles. The second kappa shape index (κ2) is 9.43. The average molecular weight is 591 g/mol. The largest absolute Gasteiger partial charge is 0.309 e. The number of para-hydroxylation sites is 2. The van der Waals surface area contributed by atoms with Gasteiger partial charge in [-0.3, -0.25) is 0 Å². The van der Waals surface area contributed by atoms with Crippen molar-refractivity contribution >= 4 is 75.1 Å². The van der Waals surface area contributed by atoms with Crippen LogP contribution in [0.15, 0.2) is 158 Å². The van der Waals surface area contributed by atoms with Crippen molar-refractivity contribution in [3.05, 3.63) is 158 Å². The zero-order valence-corrected chi connectivity index (χ0v) is 25.1. The van der Waals surface area contributed by atoms with Crippen molar-refractivity contribution in [2.45, 2.75) is 0 Å². The van der Waals surface area contributed by atoms with Crippen LogP contribution in [0.3, 0.4) is 0 Å². The summed E-state index contributed by atoms with van der Waals surface area (Å²) in [4.78, 5) is 0. The van der Waals surface area contributed by atoms with Crippen LogP contribution in [0.2, 0.25) is 0 Å². The average Bonchev–Trinajstić information content (AvgIpc) is 3.76. The minimum atomic E-state index is 1.17. The maximum atomic E-state index is 2.47. The zero-order valence-electron chi connectivity index (χ0n) is 24.3. The summed E-state index contributed by atoms with van der Waals surface area (Å²) in [7, 11) is 0. The third-order valence-corrected chi connectivity index (χ3v) is 10.4. The van der Waals surface area contributed by atoms with Crippen LogP contribution in [0.4, 0.5) is 0 Å². The third-order valence-electron chi connectivity index (χ3n) is 9.31. The number of fused-ring (bicyclic) bond motifs is 10. The standard InChI is InChI=1S/C42H26N2S/c1-3-11-27(12-4-1)28-19-21-37-34(25-28)41-38(23-24-40-42(41)32-16-8-10-18-39(32)45-40)44(37)30-20-22-36-33(26-30)31-15-7-9-17-35(31)43(36)29-13-5-2-6-14-29/h1-26H. The van der Waals surface area contributed by atoms with Gasteiger partial charge in [0.1, 0.15) is 0 Å². The Kier molecular flexibility index (Phi) is 5.19. The minimum Gasteiger partial charge on any atom is -0.309 e. The Bertz CT molecular complexity index is 2740. The van der Waals surface area contributed by atoms with E-state index in [1.54, 1.807) is 0 Å². The molecule has 0 aliphatic rings. The Labute approximate surface area is 263 Å². The van der Waals surface area contributed by atoms with Gasteiger partial charge in [0.05, 0.1) is 22.1 Å². The molecule has 7 aromatic carbocycles. The van der Waals surface area contributed by atoms with Gasteiger partial charge < -0.3 is 9.13 Å². The van der Waals surface area contributed by atoms with E-state index in [2.05, 4.69) is 167 Å². The molecule has 0 saturated carbocycles. The van der Waals surface area contributed by atoms with E-state index in [1.165, 1.54) is 86.3 Å². The van der Waals surface area contributed by atoms with Crippen molar-refractivity contribution in [1.29, 1.82) is 0 Å². The molecule has 0 N–H and O–H groups in total. The molecule has 3 aromatic heterocycles. The van der Waals surface area contributed by atoms with Crippen molar-refractivity contribution in [2.75, 3.05) is 0 Å². The van der Waals surface area contributed by atoms with Crippen molar-refractivity contribution in [3.63, 3.8) is 0 Å². The van der Waals surface area contributed by atoms with E-state index < -0.39 is 0 Å². The molecule has 3 heterocycles. The maximum Gasteiger partial charge on any atom is 0.0548 e. The smallest absolute Gasteiger partial charge is 0.0548 e. The van der Waals surface area contributed by atoms with Crippen molar-refractivity contribution in [2.24, 2.45) is 0 Å². The van der Waals surface area contributed by atoms with Gasteiger partial charge in [0.25, 0.3) is 0 Å². The van der Waals surface area contributed by atoms with E-state index in [1.807, 2.05) is 11.3 Å². The van der Waals surface area contributed by atoms with Gasteiger partial charge in [0.15, 0.2) is 0 Å². The lowest BCUT2D eigenvalue weighted by molar-refractivity contribution is 1.17. The molecule has 0 bridgehead atoms. The van der Waals surface area contributed by atoms with E-state index in [4.69, 9.17) is 0 Å². The van der Waals surface area contributed by atoms with Gasteiger partial charge in [-0.1, -0.05) is 91.0 Å². The monoisotopic (exact) mass is 590 g/mol. The van der Waals surface area contributed by atoms with E-state index in [-0.39, 0.29) is 0 Å². The molecule has 0 spiro atoms. The molecule has 0 amide bonds. The van der Waals surface area contributed by atoms with Gasteiger partial charge in [0, 0.05) is 53.1 Å². The Hall–Kier alpha value is -5.64. The minimum absolute atomic E-state index is 1.17. The second-order valence-corrected chi connectivity index (χ2v) is 12.8. The maximum absolute atomic E-state index is 2.47. The quantitative estimate of drug-likeness (QED) is 0.194. The molecule has 0 fully saturated rings. The number of hydrogen-bond acceptors (Lipinski definition) is 1. The van der Waals surface area contributed by atoms with Crippen LogP contribution in [0.1, 0.15) is 0 Å². The van der Waals surface area contributed by atoms with Crippen molar-refractivity contribution < 1.29 is 0 Å². The summed E-state index contributed by atoms with van der Waals surface area (Å²) < 4.78 is 7.51. The molecule has 3 heteroatoms. The summed E-state index contributed by atoms with van der Waals surface area (Å²) in [6.07, 6.45) is 0. The van der Waals surface area contributed by atoms with Gasteiger partial charge >= 0.3 is 0 Å². The number of nitrogens with zero attached hydrogens (tertiary/aromatic N) is 2. The Balaban J connectivity index is 1.32. The number of hydrogen-bond donors (Lipinski definition) is 0. The lowest BCUT2D eigenvalue weighted by Crippen LogP contribution is -1.95. The SMILES string of the molecule is c1ccc(-c2ccc3c(c2)c2c4c(ccc2n3-c2ccc3c(c2)c2ccccc2n3-c2ccccc2)sc2ccccc24)cc1. The highest BCUT2D eigenvalue weighted by Crippen LogP contribution is 2.44. The van der Waals surface area contributed by atoms with Gasteiger partial charge in [0.2, 0.25) is 0 Å². The molecule has 0 aliphatic carbocycles. The molecule has 2 nitrogen and oxygen atoms in total.